The molecule has 7 heteroatoms. The van der Waals surface area contributed by atoms with Crippen molar-refractivity contribution >= 4 is 48.1 Å². The van der Waals surface area contributed by atoms with Crippen molar-refractivity contribution in [2.45, 2.75) is 0 Å². The minimum absolute atomic E-state index is 0. The van der Waals surface area contributed by atoms with Crippen molar-refractivity contribution in [3.05, 3.63) is 0 Å². The molecule has 0 aromatic heterocycles. The Hall–Kier alpha value is 1.09. The Balaban J connectivity index is -0.0000000800. The van der Waals surface area contributed by atoms with Gasteiger partial charge in [0.25, 0.3) is 0 Å². The standard InChI is InChI=1S/Ca.H3N.H2O4S/c;;1-5(2,3)4/h;1H3;(H2,1,2,3,4)/q+2;;/p-2. The SMILES string of the molecule is N.O=S(=O)([O-])[O-].[Ca+2]. The molecule has 0 unspecified atom stereocenters. The van der Waals surface area contributed by atoms with Crippen LogP contribution in [0.2, 0.25) is 0 Å². The predicted octanol–water partition coefficient (Wildman–Crippen LogP) is -1.56. The van der Waals surface area contributed by atoms with E-state index in [0.29, 0.717) is 0 Å². The average Bonchev–Trinajstić information content (AvgIpc) is 0.722. The van der Waals surface area contributed by atoms with Gasteiger partial charge in [-0.3, -0.25) is 8.42 Å². The van der Waals surface area contributed by atoms with Crippen LogP contribution in [0.1, 0.15) is 0 Å². The molecule has 0 heterocycles. The van der Waals surface area contributed by atoms with Gasteiger partial charge in [0.1, 0.15) is 0 Å². The number of hydrogen-bond donors (Lipinski definition) is 1. The second kappa shape index (κ2) is 5.23. The van der Waals surface area contributed by atoms with Gasteiger partial charge < -0.3 is 15.3 Å². The second-order valence-corrected chi connectivity index (χ2v) is 1.22. The molecule has 0 aromatic rings. The van der Waals surface area contributed by atoms with Gasteiger partial charge in [-0.15, -0.1) is 0 Å². The molecule has 0 atom stereocenters. The van der Waals surface area contributed by atoms with Gasteiger partial charge in [-0.1, -0.05) is 0 Å². The van der Waals surface area contributed by atoms with Gasteiger partial charge in [0.2, 0.25) is 0 Å². The summed E-state index contributed by atoms with van der Waals surface area (Å²) in [4.78, 5) is 0. The van der Waals surface area contributed by atoms with E-state index in [0.717, 1.165) is 0 Å². The maximum atomic E-state index is 8.52. The minimum Gasteiger partial charge on any atom is -0.759 e. The van der Waals surface area contributed by atoms with Crippen LogP contribution in [0.25, 0.3) is 0 Å². The molecule has 0 fully saturated rings. The Bertz CT molecular complexity index is 94.9. The molecule has 0 saturated carbocycles. The maximum Gasteiger partial charge on any atom is 2.00 e. The van der Waals surface area contributed by atoms with Crippen LogP contribution in [0.3, 0.4) is 0 Å². The van der Waals surface area contributed by atoms with Crippen molar-refractivity contribution in [1.82, 2.24) is 6.15 Å². The van der Waals surface area contributed by atoms with E-state index in [2.05, 4.69) is 0 Å². The molecule has 0 rings (SSSR count). The van der Waals surface area contributed by atoms with Crippen LogP contribution in [0.5, 0.6) is 0 Å². The van der Waals surface area contributed by atoms with Crippen LogP contribution in [-0.4, -0.2) is 55.3 Å². The molecule has 0 saturated heterocycles. The molecule has 3 N–H and O–H groups in total. The first-order valence-electron chi connectivity index (χ1n) is 0.667. The van der Waals surface area contributed by atoms with Crippen molar-refractivity contribution in [2.75, 3.05) is 0 Å². The Morgan fingerprint density at radius 3 is 1.14 bits per heavy atom. The van der Waals surface area contributed by atoms with Gasteiger partial charge in [-0.25, -0.2) is 0 Å². The van der Waals surface area contributed by atoms with E-state index >= 15 is 0 Å². The Morgan fingerprint density at radius 1 is 1.14 bits per heavy atom. The summed E-state index contributed by atoms with van der Waals surface area (Å²) in [5.74, 6) is 0. The molecule has 40 valence electrons. The smallest absolute Gasteiger partial charge is 0.759 e. The summed E-state index contributed by atoms with van der Waals surface area (Å²) in [7, 11) is -5.17. The summed E-state index contributed by atoms with van der Waals surface area (Å²) >= 11 is 0. The zero-order valence-electron chi connectivity index (χ0n) is 3.46. The zero-order valence-corrected chi connectivity index (χ0v) is 6.48. The van der Waals surface area contributed by atoms with E-state index in [1.807, 2.05) is 0 Å². The van der Waals surface area contributed by atoms with Gasteiger partial charge >= 0.3 is 37.7 Å². The first kappa shape index (κ1) is 15.7. The third-order valence-corrected chi connectivity index (χ3v) is 0. The van der Waals surface area contributed by atoms with Crippen LogP contribution in [0, 0.1) is 0 Å². The fourth-order valence-electron chi connectivity index (χ4n) is 0. The fourth-order valence-corrected chi connectivity index (χ4v) is 0. The molecular formula is H3CaNO4S. The molecule has 0 aliphatic rings. The van der Waals surface area contributed by atoms with E-state index in [1.165, 1.54) is 0 Å². The Morgan fingerprint density at radius 2 is 1.14 bits per heavy atom. The van der Waals surface area contributed by atoms with Crippen LogP contribution in [-0.2, 0) is 10.4 Å². The summed E-state index contributed by atoms with van der Waals surface area (Å²) in [6.07, 6.45) is 0. The zero-order chi connectivity index (χ0) is 4.50. The van der Waals surface area contributed by atoms with Gasteiger partial charge in [-0.2, -0.15) is 0 Å². The molecule has 0 bridgehead atoms. The molecule has 0 aliphatic carbocycles. The Labute approximate surface area is 71.3 Å². The summed E-state index contributed by atoms with van der Waals surface area (Å²) < 4.78 is 34.1. The van der Waals surface area contributed by atoms with Gasteiger partial charge in [0, 0.05) is 10.4 Å². The predicted molar refractivity (Wildman–Crippen MR) is 21.3 cm³/mol. The van der Waals surface area contributed by atoms with Crippen molar-refractivity contribution in [3.63, 3.8) is 0 Å². The minimum atomic E-state index is -5.17. The first-order valence-corrected chi connectivity index (χ1v) is 2.00. The van der Waals surface area contributed by atoms with Crippen molar-refractivity contribution in [2.24, 2.45) is 0 Å². The second-order valence-electron chi connectivity index (χ2n) is 0.408. The van der Waals surface area contributed by atoms with E-state index in [-0.39, 0.29) is 43.9 Å². The monoisotopic (exact) mass is 153 g/mol. The Kier molecular flexibility index (Phi) is 11.7. The van der Waals surface area contributed by atoms with Crippen LogP contribution < -0.4 is 6.15 Å². The van der Waals surface area contributed by atoms with E-state index < -0.39 is 10.4 Å². The topological polar surface area (TPSA) is 115 Å². The molecule has 0 aliphatic heterocycles. The maximum absolute atomic E-state index is 8.52. The van der Waals surface area contributed by atoms with E-state index in [9.17, 15) is 0 Å². The molecule has 0 spiro atoms. The third-order valence-electron chi connectivity index (χ3n) is 0. The number of rotatable bonds is 0. The van der Waals surface area contributed by atoms with Gasteiger partial charge in [-0.05, 0) is 0 Å². The number of hydrogen-bond acceptors (Lipinski definition) is 5. The molecule has 0 amide bonds. The van der Waals surface area contributed by atoms with Gasteiger partial charge in [0.15, 0.2) is 0 Å². The summed E-state index contributed by atoms with van der Waals surface area (Å²) in [6.45, 7) is 0. The first-order chi connectivity index (χ1) is 2.00. The average molecular weight is 153 g/mol. The summed E-state index contributed by atoms with van der Waals surface area (Å²) in [5, 5.41) is 0. The molecule has 0 radical (unpaired) electrons. The summed E-state index contributed by atoms with van der Waals surface area (Å²) in [5.41, 5.74) is 0. The molecule has 0 aromatic carbocycles. The van der Waals surface area contributed by atoms with Crippen LogP contribution in [0.4, 0.5) is 0 Å². The van der Waals surface area contributed by atoms with Crippen molar-refractivity contribution < 1.29 is 17.5 Å². The summed E-state index contributed by atoms with van der Waals surface area (Å²) in [6, 6.07) is 0. The molecular weight excluding hydrogens is 150 g/mol. The quantitative estimate of drug-likeness (QED) is 0.257. The molecule has 5 nitrogen and oxygen atoms in total. The van der Waals surface area contributed by atoms with Crippen molar-refractivity contribution in [3.8, 4) is 0 Å². The fraction of sp³-hybridized carbons (Fsp3) is 0. The van der Waals surface area contributed by atoms with Gasteiger partial charge in [0.05, 0.1) is 0 Å². The largest absolute Gasteiger partial charge is 2.00 e. The third kappa shape index (κ3) is 155. The van der Waals surface area contributed by atoms with E-state index in [4.69, 9.17) is 17.5 Å². The van der Waals surface area contributed by atoms with Crippen LogP contribution >= 0.6 is 0 Å². The molecule has 7 heavy (non-hydrogen) atoms. The van der Waals surface area contributed by atoms with Crippen LogP contribution in [0.15, 0.2) is 0 Å². The van der Waals surface area contributed by atoms with Crippen molar-refractivity contribution in [1.29, 1.82) is 0 Å². The normalized spacial score (nSPS) is 8.29. The van der Waals surface area contributed by atoms with E-state index in [1.54, 1.807) is 0 Å².